The largest absolute Gasteiger partial charge is 0.507 e. The minimum atomic E-state index is -5.02. The van der Waals surface area contributed by atoms with Crippen molar-refractivity contribution < 1.29 is 32.2 Å². The van der Waals surface area contributed by atoms with Crippen LogP contribution in [0.25, 0.3) is 11.0 Å². The molecule has 7 nitrogen and oxygen atoms in total. The molecule has 1 aliphatic rings. The minimum Gasteiger partial charge on any atom is -0.507 e. The van der Waals surface area contributed by atoms with Crippen molar-refractivity contribution >= 4 is 11.0 Å². The first-order valence-electron chi connectivity index (χ1n) is 12.4. The van der Waals surface area contributed by atoms with Gasteiger partial charge in [0.1, 0.15) is 22.8 Å². The van der Waals surface area contributed by atoms with Crippen molar-refractivity contribution in [2.24, 2.45) is 0 Å². The Morgan fingerprint density at radius 3 is 2.23 bits per heavy atom. The number of hydrogen-bond acceptors (Lipinski definition) is 7. The van der Waals surface area contributed by atoms with E-state index in [9.17, 15) is 23.1 Å². The molecular formula is C29H27F3N2O5. The molecular weight excluding hydrogens is 513 g/mol. The molecule has 0 atom stereocenters. The normalized spacial score (nSPS) is 15.0. The summed E-state index contributed by atoms with van der Waals surface area (Å²) in [5.41, 5.74) is 0.0305. The first kappa shape index (κ1) is 26.6. The topological polar surface area (TPSA) is 75.4 Å². The maximum Gasteiger partial charge on any atom is 0.453 e. The highest BCUT2D eigenvalue weighted by Gasteiger charge is 2.41. The summed E-state index contributed by atoms with van der Waals surface area (Å²) < 4.78 is 58.1. The van der Waals surface area contributed by atoms with Crippen LogP contribution in [0.5, 0.6) is 23.0 Å². The summed E-state index contributed by atoms with van der Waals surface area (Å²) in [7, 11) is 1.40. The molecule has 1 N–H and O–H groups in total. The lowest BCUT2D eigenvalue weighted by atomic mass is 10.1. The van der Waals surface area contributed by atoms with Gasteiger partial charge < -0.3 is 19.0 Å². The molecule has 0 unspecified atom stereocenters. The molecule has 10 heteroatoms. The number of ether oxygens (including phenoxy) is 2. The lowest BCUT2D eigenvalue weighted by molar-refractivity contribution is -0.154. The number of alkyl halides is 3. The van der Waals surface area contributed by atoms with Crippen molar-refractivity contribution in [3.63, 3.8) is 0 Å². The Hall–Kier alpha value is -4.02. The SMILES string of the molecule is COc1cccc(Oc2c(C(F)(F)F)oc3c(CN4CCN(Cc5ccccc5)CC4)c(O)ccc3c2=O)c1. The first-order chi connectivity index (χ1) is 18.7. The Bertz CT molecular complexity index is 1510. The number of phenols is 1. The van der Waals surface area contributed by atoms with Gasteiger partial charge in [0.05, 0.1) is 18.1 Å². The fourth-order valence-corrected chi connectivity index (χ4v) is 4.67. The molecule has 5 rings (SSSR count). The van der Waals surface area contributed by atoms with Gasteiger partial charge in [0.25, 0.3) is 5.76 Å². The van der Waals surface area contributed by atoms with Gasteiger partial charge in [-0.05, 0) is 29.8 Å². The van der Waals surface area contributed by atoms with Crippen LogP contribution in [0.3, 0.4) is 0 Å². The molecule has 0 radical (unpaired) electrons. The Morgan fingerprint density at radius 2 is 1.56 bits per heavy atom. The average molecular weight is 541 g/mol. The number of piperazine rings is 1. The zero-order chi connectivity index (χ0) is 27.6. The molecule has 0 aliphatic carbocycles. The molecule has 0 amide bonds. The second-order valence-electron chi connectivity index (χ2n) is 9.35. The minimum absolute atomic E-state index is 0.0149. The van der Waals surface area contributed by atoms with Crippen LogP contribution in [0.2, 0.25) is 0 Å². The van der Waals surface area contributed by atoms with E-state index in [1.54, 1.807) is 6.07 Å². The van der Waals surface area contributed by atoms with Gasteiger partial charge in [-0.2, -0.15) is 13.2 Å². The van der Waals surface area contributed by atoms with Gasteiger partial charge in [-0.15, -0.1) is 0 Å². The Labute approximate surface area is 222 Å². The first-order valence-corrected chi connectivity index (χ1v) is 12.4. The molecule has 39 heavy (non-hydrogen) atoms. The number of nitrogens with zero attached hydrogens (tertiary/aromatic N) is 2. The number of fused-ring (bicyclic) bond motifs is 1. The summed E-state index contributed by atoms with van der Waals surface area (Å²) in [6.07, 6.45) is -5.02. The van der Waals surface area contributed by atoms with Crippen LogP contribution in [0.1, 0.15) is 16.9 Å². The van der Waals surface area contributed by atoms with Gasteiger partial charge in [-0.25, -0.2) is 0 Å². The van der Waals surface area contributed by atoms with E-state index in [1.807, 2.05) is 23.1 Å². The van der Waals surface area contributed by atoms with Crippen molar-refractivity contribution in [3.8, 4) is 23.0 Å². The van der Waals surface area contributed by atoms with E-state index < -0.39 is 23.1 Å². The molecule has 2 heterocycles. The maximum absolute atomic E-state index is 14.1. The maximum atomic E-state index is 14.1. The van der Waals surface area contributed by atoms with Crippen molar-refractivity contribution in [3.05, 3.63) is 93.8 Å². The van der Waals surface area contributed by atoms with Gasteiger partial charge in [0, 0.05) is 45.3 Å². The number of rotatable bonds is 7. The lowest BCUT2D eigenvalue weighted by Crippen LogP contribution is -2.45. The second kappa shape index (κ2) is 11.0. The lowest BCUT2D eigenvalue weighted by Gasteiger charge is -2.34. The van der Waals surface area contributed by atoms with E-state index in [1.165, 1.54) is 43.0 Å². The van der Waals surface area contributed by atoms with E-state index >= 15 is 0 Å². The van der Waals surface area contributed by atoms with Crippen LogP contribution in [0.4, 0.5) is 13.2 Å². The summed E-state index contributed by atoms with van der Waals surface area (Å²) in [6.45, 7) is 3.69. The average Bonchev–Trinajstić information content (AvgIpc) is 2.92. The van der Waals surface area contributed by atoms with Gasteiger partial charge in [0.2, 0.25) is 11.2 Å². The van der Waals surface area contributed by atoms with Crippen molar-refractivity contribution in [1.29, 1.82) is 0 Å². The third-order valence-corrected chi connectivity index (χ3v) is 6.71. The third kappa shape index (κ3) is 5.86. The van der Waals surface area contributed by atoms with E-state index in [-0.39, 0.29) is 34.6 Å². The Kier molecular flexibility index (Phi) is 7.49. The number of phenolic OH excluding ortho intramolecular Hbond substituents is 1. The number of halogens is 3. The molecule has 0 saturated carbocycles. The van der Waals surface area contributed by atoms with E-state index in [0.717, 1.165) is 19.6 Å². The predicted octanol–water partition coefficient (Wildman–Crippen LogP) is 5.64. The van der Waals surface area contributed by atoms with Crippen LogP contribution in [0.15, 0.2) is 75.9 Å². The fourth-order valence-electron chi connectivity index (χ4n) is 4.67. The molecule has 4 aromatic rings. The molecule has 0 spiro atoms. The van der Waals surface area contributed by atoms with E-state index in [4.69, 9.17) is 13.9 Å². The number of hydrogen-bond donors (Lipinski definition) is 1. The van der Waals surface area contributed by atoms with E-state index in [0.29, 0.717) is 18.8 Å². The van der Waals surface area contributed by atoms with Gasteiger partial charge in [-0.3, -0.25) is 14.6 Å². The summed E-state index contributed by atoms with van der Waals surface area (Å²) >= 11 is 0. The van der Waals surface area contributed by atoms with Crippen molar-refractivity contribution in [2.45, 2.75) is 19.3 Å². The number of aromatic hydroxyl groups is 1. The molecule has 1 fully saturated rings. The van der Waals surface area contributed by atoms with E-state index in [2.05, 4.69) is 17.0 Å². The van der Waals surface area contributed by atoms with Crippen molar-refractivity contribution in [2.75, 3.05) is 33.3 Å². The smallest absolute Gasteiger partial charge is 0.453 e. The Morgan fingerprint density at radius 1 is 0.897 bits per heavy atom. The number of methoxy groups -OCH3 is 1. The zero-order valence-electron chi connectivity index (χ0n) is 21.2. The summed E-state index contributed by atoms with van der Waals surface area (Å²) in [6, 6.07) is 18.5. The molecule has 1 aliphatic heterocycles. The molecule has 3 aromatic carbocycles. The van der Waals surface area contributed by atoms with Crippen LogP contribution in [-0.4, -0.2) is 48.2 Å². The Balaban J connectivity index is 1.44. The predicted molar refractivity (Wildman–Crippen MR) is 139 cm³/mol. The van der Waals surface area contributed by atoms with Crippen LogP contribution < -0.4 is 14.9 Å². The number of benzene rings is 3. The van der Waals surface area contributed by atoms with Crippen LogP contribution >= 0.6 is 0 Å². The molecule has 1 saturated heterocycles. The highest BCUT2D eigenvalue weighted by Crippen LogP contribution is 2.40. The summed E-state index contributed by atoms with van der Waals surface area (Å²) in [4.78, 5) is 17.6. The van der Waals surface area contributed by atoms with Crippen molar-refractivity contribution in [1.82, 2.24) is 9.80 Å². The zero-order valence-corrected chi connectivity index (χ0v) is 21.2. The van der Waals surface area contributed by atoms with Gasteiger partial charge in [-0.1, -0.05) is 36.4 Å². The monoisotopic (exact) mass is 540 g/mol. The van der Waals surface area contributed by atoms with Crippen LogP contribution in [-0.2, 0) is 19.3 Å². The quantitative estimate of drug-likeness (QED) is 0.325. The molecule has 1 aromatic heterocycles. The van der Waals surface area contributed by atoms with Gasteiger partial charge >= 0.3 is 6.18 Å². The van der Waals surface area contributed by atoms with Crippen LogP contribution in [0, 0.1) is 0 Å². The molecule has 204 valence electrons. The third-order valence-electron chi connectivity index (χ3n) is 6.71. The summed E-state index contributed by atoms with van der Waals surface area (Å²) in [5.74, 6) is -2.45. The second-order valence-corrected chi connectivity index (χ2v) is 9.35. The highest BCUT2D eigenvalue weighted by atomic mass is 19.4. The summed E-state index contributed by atoms with van der Waals surface area (Å²) in [5, 5.41) is 10.5. The highest BCUT2D eigenvalue weighted by molar-refractivity contribution is 5.83. The standard InChI is InChI=1S/C29H27F3N2O5/c1-37-20-8-5-9-21(16-20)38-27-25(36)22-10-11-24(35)23(26(22)39-28(27)29(30,31)32)18-34-14-12-33(13-15-34)17-19-6-3-2-4-7-19/h2-11,16,35H,12-15,17-18H2,1H3. The molecule has 0 bridgehead atoms. The van der Waals surface area contributed by atoms with Gasteiger partial charge in [0.15, 0.2) is 0 Å². The fraction of sp³-hybridized carbons (Fsp3) is 0.276.